The number of benzene rings is 3. The highest BCUT2D eigenvalue weighted by molar-refractivity contribution is 7.14. The molecule has 5 aromatic rings. The Morgan fingerprint density at radius 3 is 2.22 bits per heavy atom. The average Bonchev–Trinajstić information content (AvgIpc) is 3.36. The van der Waals surface area contributed by atoms with Gasteiger partial charge < -0.3 is 4.74 Å². The van der Waals surface area contributed by atoms with E-state index >= 15 is 0 Å². The van der Waals surface area contributed by atoms with Crippen molar-refractivity contribution in [2.24, 2.45) is 0 Å². The van der Waals surface area contributed by atoms with Crippen molar-refractivity contribution in [1.82, 2.24) is 9.97 Å². The number of fused-ring (bicyclic) bond motifs is 1. The van der Waals surface area contributed by atoms with E-state index in [0.717, 1.165) is 39.2 Å². The molecule has 6 heteroatoms. The van der Waals surface area contributed by atoms with E-state index in [4.69, 9.17) is 9.72 Å². The van der Waals surface area contributed by atoms with E-state index in [1.54, 1.807) is 7.11 Å². The summed E-state index contributed by atoms with van der Waals surface area (Å²) in [7, 11) is 1.64. The summed E-state index contributed by atoms with van der Waals surface area (Å²) in [4.78, 5) is 22.9. The molecule has 2 aromatic heterocycles. The number of aromatic nitrogens is 2. The number of thiazole rings is 1. The Morgan fingerprint density at radius 2 is 1.53 bits per heavy atom. The van der Waals surface area contributed by atoms with Crippen LogP contribution in [-0.4, -0.2) is 23.0 Å². The van der Waals surface area contributed by atoms with Gasteiger partial charge in [-0.3, -0.25) is 10.1 Å². The summed E-state index contributed by atoms with van der Waals surface area (Å²) < 4.78 is 5.27. The molecular formula is C30H27N3O2S. The number of hydrogen-bond donors (Lipinski definition) is 1. The number of carbonyl (C=O) groups is 1. The highest BCUT2D eigenvalue weighted by Gasteiger charge is 2.17. The Labute approximate surface area is 214 Å². The van der Waals surface area contributed by atoms with Gasteiger partial charge in [-0.05, 0) is 47.4 Å². The van der Waals surface area contributed by atoms with Crippen LogP contribution in [0.2, 0.25) is 0 Å². The molecule has 0 aliphatic heterocycles. The molecule has 180 valence electrons. The summed E-state index contributed by atoms with van der Waals surface area (Å²) in [5, 5.41) is 6.31. The van der Waals surface area contributed by atoms with Gasteiger partial charge in [-0.1, -0.05) is 63.2 Å². The van der Waals surface area contributed by atoms with Crippen LogP contribution in [0.15, 0.2) is 84.2 Å². The fourth-order valence-corrected chi connectivity index (χ4v) is 4.76. The molecule has 0 saturated carbocycles. The largest absolute Gasteiger partial charge is 0.497 e. The van der Waals surface area contributed by atoms with E-state index in [9.17, 15) is 4.79 Å². The van der Waals surface area contributed by atoms with Crippen molar-refractivity contribution in [1.29, 1.82) is 0 Å². The van der Waals surface area contributed by atoms with Gasteiger partial charge in [0.05, 0.1) is 29.6 Å². The van der Waals surface area contributed by atoms with E-state index in [1.165, 1.54) is 16.9 Å². The van der Waals surface area contributed by atoms with Crippen LogP contribution < -0.4 is 10.1 Å². The average molecular weight is 494 g/mol. The summed E-state index contributed by atoms with van der Waals surface area (Å²) in [5.74, 6) is 0.553. The van der Waals surface area contributed by atoms with Crippen molar-refractivity contribution < 1.29 is 9.53 Å². The van der Waals surface area contributed by atoms with Gasteiger partial charge in [-0.2, -0.15) is 0 Å². The topological polar surface area (TPSA) is 64.1 Å². The van der Waals surface area contributed by atoms with Crippen molar-refractivity contribution in [2.45, 2.75) is 26.2 Å². The van der Waals surface area contributed by atoms with Gasteiger partial charge in [0.1, 0.15) is 5.75 Å². The number of amides is 1. The molecule has 2 heterocycles. The summed E-state index contributed by atoms with van der Waals surface area (Å²) in [6.45, 7) is 6.59. The fraction of sp³-hybridized carbons (Fsp3) is 0.167. The molecule has 5 rings (SSSR count). The smallest absolute Gasteiger partial charge is 0.258 e. The minimum atomic E-state index is -0.215. The molecule has 1 N–H and O–H groups in total. The lowest BCUT2D eigenvalue weighted by Gasteiger charge is -2.18. The molecule has 0 spiro atoms. The number of para-hydroxylation sites is 1. The number of methoxy groups -OCH3 is 1. The SMILES string of the molecule is COc1ccc(-c2cc(C(=O)Nc3nc(-c4ccc(C(C)(C)C)cc4)cs3)c3ccccc3n2)cc1. The summed E-state index contributed by atoms with van der Waals surface area (Å²) in [5.41, 5.74) is 6.17. The minimum Gasteiger partial charge on any atom is -0.497 e. The molecule has 0 atom stereocenters. The van der Waals surface area contributed by atoms with E-state index in [-0.39, 0.29) is 11.3 Å². The molecule has 0 aliphatic carbocycles. The monoisotopic (exact) mass is 493 g/mol. The van der Waals surface area contributed by atoms with Crippen LogP contribution >= 0.6 is 11.3 Å². The molecule has 5 nitrogen and oxygen atoms in total. The number of anilines is 1. The van der Waals surface area contributed by atoms with E-state index in [2.05, 4.69) is 55.3 Å². The third-order valence-corrected chi connectivity index (χ3v) is 6.88. The lowest BCUT2D eigenvalue weighted by Crippen LogP contribution is -2.13. The van der Waals surface area contributed by atoms with Crippen LogP contribution in [0.5, 0.6) is 5.75 Å². The quantitative estimate of drug-likeness (QED) is 0.274. The van der Waals surface area contributed by atoms with Crippen LogP contribution in [0.3, 0.4) is 0 Å². The molecule has 0 aliphatic rings. The first-order valence-electron chi connectivity index (χ1n) is 11.7. The number of carbonyl (C=O) groups excluding carboxylic acids is 1. The maximum atomic E-state index is 13.4. The molecule has 36 heavy (non-hydrogen) atoms. The first-order chi connectivity index (χ1) is 17.3. The highest BCUT2D eigenvalue weighted by Crippen LogP contribution is 2.30. The lowest BCUT2D eigenvalue weighted by molar-refractivity contribution is 0.102. The second-order valence-corrected chi connectivity index (χ2v) is 10.5. The zero-order chi connectivity index (χ0) is 25.3. The number of nitrogens with one attached hydrogen (secondary N) is 1. The third kappa shape index (κ3) is 4.86. The maximum Gasteiger partial charge on any atom is 0.258 e. The number of nitrogens with zero attached hydrogens (tertiary/aromatic N) is 2. The van der Waals surface area contributed by atoms with E-state index < -0.39 is 0 Å². The lowest BCUT2D eigenvalue weighted by atomic mass is 9.86. The van der Waals surface area contributed by atoms with Crippen LogP contribution in [0, 0.1) is 0 Å². The number of ether oxygens (including phenoxy) is 1. The predicted molar refractivity (Wildman–Crippen MR) is 148 cm³/mol. The van der Waals surface area contributed by atoms with Crippen molar-refractivity contribution in [2.75, 3.05) is 12.4 Å². The molecule has 0 unspecified atom stereocenters. The second-order valence-electron chi connectivity index (χ2n) is 9.62. The summed E-state index contributed by atoms with van der Waals surface area (Å²) in [6, 6.07) is 25.6. The van der Waals surface area contributed by atoms with Crippen LogP contribution in [-0.2, 0) is 5.41 Å². The van der Waals surface area contributed by atoms with Gasteiger partial charge in [0.25, 0.3) is 5.91 Å². The summed E-state index contributed by atoms with van der Waals surface area (Å²) >= 11 is 1.41. The normalized spacial score (nSPS) is 11.4. The Balaban J connectivity index is 1.44. The zero-order valence-electron chi connectivity index (χ0n) is 20.7. The fourth-order valence-electron chi connectivity index (χ4n) is 4.04. The maximum absolute atomic E-state index is 13.4. The molecule has 0 bridgehead atoms. The molecular weight excluding hydrogens is 466 g/mol. The Kier molecular flexibility index (Phi) is 6.29. The summed E-state index contributed by atoms with van der Waals surface area (Å²) in [6.07, 6.45) is 0. The molecule has 0 saturated heterocycles. The first-order valence-corrected chi connectivity index (χ1v) is 12.6. The van der Waals surface area contributed by atoms with Crippen molar-refractivity contribution in [3.8, 4) is 28.3 Å². The van der Waals surface area contributed by atoms with Crippen molar-refractivity contribution in [3.05, 3.63) is 95.4 Å². The standard InChI is InChI=1S/C30H27N3O2S/c1-30(2,3)21-13-9-20(10-14-21)27-18-36-29(32-27)33-28(34)24-17-26(19-11-15-22(35-4)16-12-19)31-25-8-6-5-7-23(24)25/h5-18H,1-4H3,(H,32,33,34). The zero-order valence-corrected chi connectivity index (χ0v) is 21.5. The Morgan fingerprint density at radius 1 is 0.861 bits per heavy atom. The molecule has 1 amide bonds. The Hall–Kier alpha value is -4.03. The van der Waals surface area contributed by atoms with Gasteiger partial charge in [0, 0.05) is 21.9 Å². The van der Waals surface area contributed by atoms with E-state index in [0.29, 0.717) is 10.7 Å². The van der Waals surface area contributed by atoms with Gasteiger partial charge in [0.2, 0.25) is 0 Å². The Bertz CT molecular complexity index is 1530. The molecule has 0 fully saturated rings. The second kappa shape index (κ2) is 9.55. The minimum absolute atomic E-state index is 0.0950. The number of pyridine rings is 1. The number of hydrogen-bond acceptors (Lipinski definition) is 5. The van der Waals surface area contributed by atoms with Crippen LogP contribution in [0.25, 0.3) is 33.4 Å². The van der Waals surface area contributed by atoms with Gasteiger partial charge >= 0.3 is 0 Å². The number of rotatable bonds is 5. The van der Waals surface area contributed by atoms with E-state index in [1.807, 2.05) is 60.0 Å². The van der Waals surface area contributed by atoms with Gasteiger partial charge in [0.15, 0.2) is 5.13 Å². The molecule has 3 aromatic carbocycles. The van der Waals surface area contributed by atoms with Crippen LogP contribution in [0.1, 0.15) is 36.7 Å². The van der Waals surface area contributed by atoms with Crippen molar-refractivity contribution in [3.63, 3.8) is 0 Å². The third-order valence-electron chi connectivity index (χ3n) is 6.12. The van der Waals surface area contributed by atoms with Gasteiger partial charge in [-0.25, -0.2) is 9.97 Å². The van der Waals surface area contributed by atoms with Crippen LogP contribution in [0.4, 0.5) is 5.13 Å². The molecule has 0 radical (unpaired) electrons. The van der Waals surface area contributed by atoms with Gasteiger partial charge in [-0.15, -0.1) is 11.3 Å². The highest BCUT2D eigenvalue weighted by atomic mass is 32.1. The predicted octanol–water partition coefficient (Wildman–Crippen LogP) is 7.58. The van der Waals surface area contributed by atoms with Crippen molar-refractivity contribution >= 4 is 33.3 Å². The first kappa shape index (κ1) is 23.7.